The predicted molar refractivity (Wildman–Crippen MR) is 157 cm³/mol. The summed E-state index contributed by atoms with van der Waals surface area (Å²) < 4.78 is 32.3. The molecule has 1 fully saturated rings. The molecule has 1 atom stereocenters. The number of hydrogen-bond acceptors (Lipinski definition) is 5. The number of anilines is 1. The molecule has 208 valence electrons. The first-order valence-corrected chi connectivity index (χ1v) is 13.5. The number of rotatable bonds is 6. The van der Waals surface area contributed by atoms with Gasteiger partial charge in [0.2, 0.25) is 0 Å². The topological polar surface area (TPSA) is 61.6 Å². The fourth-order valence-corrected chi connectivity index (χ4v) is 5.73. The molecule has 0 amide bonds. The van der Waals surface area contributed by atoms with Gasteiger partial charge in [0.1, 0.15) is 17.4 Å². The second-order valence-electron chi connectivity index (χ2n) is 10.8. The first kappa shape index (κ1) is 27.5. The van der Waals surface area contributed by atoms with Gasteiger partial charge in [0.25, 0.3) is 5.56 Å². The van der Waals surface area contributed by atoms with Crippen LogP contribution in [-0.2, 0) is 0 Å². The number of fused-ring (bicyclic) bond motifs is 1. The van der Waals surface area contributed by atoms with Crippen molar-refractivity contribution in [3.05, 3.63) is 94.6 Å². The Morgan fingerprint density at radius 3 is 2.60 bits per heavy atom. The van der Waals surface area contributed by atoms with E-state index in [-0.39, 0.29) is 34.4 Å². The van der Waals surface area contributed by atoms with Gasteiger partial charge in [-0.3, -0.25) is 19.2 Å². The normalized spacial score (nSPS) is 16.2. The lowest BCUT2D eigenvalue weighted by Gasteiger charge is -2.41. The highest BCUT2D eigenvalue weighted by Gasteiger charge is 2.27. The van der Waals surface area contributed by atoms with E-state index in [4.69, 9.17) is 0 Å². The van der Waals surface area contributed by atoms with Crippen LogP contribution >= 0.6 is 0 Å². The summed E-state index contributed by atoms with van der Waals surface area (Å²) in [7, 11) is 0. The number of aryl methyl sites for hydroxylation is 1. The molecule has 40 heavy (non-hydrogen) atoms. The smallest absolute Gasteiger partial charge is 0.257 e. The molecule has 4 aromatic rings. The molecule has 0 unspecified atom stereocenters. The monoisotopic (exact) mass is 544 g/mol. The number of hydrogen-bond donors (Lipinski definition) is 1. The van der Waals surface area contributed by atoms with Crippen LogP contribution in [0.4, 0.5) is 14.5 Å². The molecule has 0 spiro atoms. The molecule has 3 heterocycles. The summed E-state index contributed by atoms with van der Waals surface area (Å²) in [5, 5.41) is 11.0. The maximum atomic E-state index is 15.9. The first-order chi connectivity index (χ1) is 19.1. The zero-order valence-corrected chi connectivity index (χ0v) is 23.3. The van der Waals surface area contributed by atoms with Crippen LogP contribution in [0.25, 0.3) is 27.7 Å². The SMILES string of the molecule is C=CCN1CCN(c2cc(=O)n(-c3c(C)ccnc3C(C)C)c3cc(-c4c(O)cccc4F)c(F)cc23)C[C@@H]1C. The number of pyridine rings is 2. The zero-order chi connectivity index (χ0) is 28.7. The predicted octanol–water partition coefficient (Wildman–Crippen LogP) is 6.16. The maximum Gasteiger partial charge on any atom is 0.257 e. The van der Waals surface area contributed by atoms with Crippen LogP contribution in [0, 0.1) is 18.6 Å². The Morgan fingerprint density at radius 2 is 1.93 bits per heavy atom. The second-order valence-corrected chi connectivity index (χ2v) is 10.8. The summed E-state index contributed by atoms with van der Waals surface area (Å²) in [5.74, 6) is -1.82. The summed E-state index contributed by atoms with van der Waals surface area (Å²) in [6.07, 6.45) is 3.59. The second kappa shape index (κ2) is 10.8. The van der Waals surface area contributed by atoms with Gasteiger partial charge in [0, 0.05) is 55.4 Å². The number of piperazine rings is 1. The molecular weight excluding hydrogens is 510 g/mol. The van der Waals surface area contributed by atoms with E-state index in [1.807, 2.05) is 32.9 Å². The summed E-state index contributed by atoms with van der Waals surface area (Å²) >= 11 is 0. The highest BCUT2D eigenvalue weighted by atomic mass is 19.1. The highest BCUT2D eigenvalue weighted by molar-refractivity contribution is 5.96. The molecule has 0 aliphatic carbocycles. The molecule has 2 aromatic heterocycles. The summed E-state index contributed by atoms with van der Waals surface area (Å²) in [4.78, 5) is 23.0. The zero-order valence-electron chi connectivity index (χ0n) is 23.3. The Hall–Kier alpha value is -4.04. The Bertz CT molecular complexity index is 1640. The molecule has 1 saturated heterocycles. The third kappa shape index (κ3) is 4.77. The van der Waals surface area contributed by atoms with E-state index in [9.17, 15) is 14.3 Å². The molecule has 5 rings (SSSR count). The Balaban J connectivity index is 1.83. The summed E-state index contributed by atoms with van der Waals surface area (Å²) in [6.45, 7) is 14.7. The molecule has 0 saturated carbocycles. The minimum Gasteiger partial charge on any atom is -0.507 e. The molecule has 6 nitrogen and oxygen atoms in total. The summed E-state index contributed by atoms with van der Waals surface area (Å²) in [5.41, 5.74) is 2.56. The van der Waals surface area contributed by atoms with Crippen molar-refractivity contribution in [3.63, 3.8) is 0 Å². The fraction of sp³-hybridized carbons (Fsp3) is 0.312. The van der Waals surface area contributed by atoms with E-state index in [0.29, 0.717) is 35.4 Å². The van der Waals surface area contributed by atoms with Crippen molar-refractivity contribution in [2.75, 3.05) is 31.1 Å². The maximum absolute atomic E-state index is 15.9. The van der Waals surface area contributed by atoms with E-state index < -0.39 is 11.6 Å². The molecular formula is C32H34F2N4O2. The van der Waals surface area contributed by atoms with Crippen LogP contribution in [-0.4, -0.2) is 51.8 Å². The van der Waals surface area contributed by atoms with Crippen molar-refractivity contribution in [1.82, 2.24) is 14.5 Å². The lowest BCUT2D eigenvalue weighted by atomic mass is 9.98. The lowest BCUT2D eigenvalue weighted by molar-refractivity contribution is 0.210. The van der Waals surface area contributed by atoms with Gasteiger partial charge in [0.05, 0.1) is 28.1 Å². The van der Waals surface area contributed by atoms with Crippen LogP contribution in [0.2, 0.25) is 0 Å². The van der Waals surface area contributed by atoms with E-state index in [2.05, 4.69) is 28.3 Å². The Morgan fingerprint density at radius 1 is 1.15 bits per heavy atom. The molecule has 0 bridgehead atoms. The first-order valence-electron chi connectivity index (χ1n) is 13.5. The van der Waals surface area contributed by atoms with Crippen molar-refractivity contribution < 1.29 is 13.9 Å². The van der Waals surface area contributed by atoms with Crippen molar-refractivity contribution in [2.24, 2.45) is 0 Å². The van der Waals surface area contributed by atoms with Gasteiger partial charge in [0.15, 0.2) is 0 Å². The molecule has 1 aliphatic heterocycles. The van der Waals surface area contributed by atoms with Gasteiger partial charge in [-0.15, -0.1) is 6.58 Å². The molecule has 1 aliphatic rings. The average molecular weight is 545 g/mol. The number of nitrogens with zero attached hydrogens (tertiary/aromatic N) is 4. The van der Waals surface area contributed by atoms with E-state index in [1.54, 1.807) is 16.8 Å². The van der Waals surface area contributed by atoms with Crippen molar-refractivity contribution >= 4 is 16.6 Å². The third-order valence-electron chi connectivity index (χ3n) is 7.74. The number of benzene rings is 2. The van der Waals surface area contributed by atoms with Crippen molar-refractivity contribution in [2.45, 2.75) is 39.7 Å². The van der Waals surface area contributed by atoms with Crippen LogP contribution in [0.5, 0.6) is 5.75 Å². The van der Waals surface area contributed by atoms with Gasteiger partial charge in [-0.2, -0.15) is 0 Å². The third-order valence-corrected chi connectivity index (χ3v) is 7.74. The van der Waals surface area contributed by atoms with Crippen LogP contribution < -0.4 is 10.5 Å². The minimum absolute atomic E-state index is 0.00541. The van der Waals surface area contributed by atoms with Crippen molar-refractivity contribution in [3.8, 4) is 22.6 Å². The van der Waals surface area contributed by atoms with E-state index >= 15 is 4.39 Å². The molecule has 0 radical (unpaired) electrons. The standard InChI is InChI=1S/C32H34F2N4O2/c1-6-12-36-13-14-37(18-21(36)5)26-17-29(40)38(32-20(4)10-11-35-31(32)19(2)3)27-16-22(25(34)15-23(26)27)30-24(33)8-7-9-28(30)39/h6-11,15-17,19,21,39H,1,12-14,18H2,2-5H3/t21-/m0/s1. The van der Waals surface area contributed by atoms with Gasteiger partial charge in [-0.25, -0.2) is 8.78 Å². The van der Waals surface area contributed by atoms with E-state index in [0.717, 1.165) is 24.3 Å². The van der Waals surface area contributed by atoms with Crippen LogP contribution in [0.1, 0.15) is 37.9 Å². The summed E-state index contributed by atoms with van der Waals surface area (Å²) in [6, 6.07) is 10.3. The van der Waals surface area contributed by atoms with Gasteiger partial charge >= 0.3 is 0 Å². The van der Waals surface area contributed by atoms with E-state index in [1.165, 1.54) is 30.3 Å². The number of halogens is 2. The number of phenols is 1. The molecule has 2 aromatic carbocycles. The number of phenolic OH excluding ortho intramolecular Hbond substituents is 1. The quantitative estimate of drug-likeness (QED) is 0.295. The van der Waals surface area contributed by atoms with Crippen LogP contribution in [0.15, 0.2) is 66.1 Å². The number of aromatic hydroxyl groups is 1. The Labute approximate surface area is 232 Å². The Kier molecular flexibility index (Phi) is 7.47. The highest BCUT2D eigenvalue weighted by Crippen LogP contribution is 2.39. The average Bonchev–Trinajstić information content (AvgIpc) is 2.90. The van der Waals surface area contributed by atoms with Gasteiger partial charge in [-0.1, -0.05) is 26.0 Å². The molecule has 8 heteroatoms. The molecule has 1 N–H and O–H groups in total. The number of aromatic nitrogens is 2. The van der Waals surface area contributed by atoms with Crippen molar-refractivity contribution in [1.29, 1.82) is 0 Å². The van der Waals surface area contributed by atoms with Gasteiger partial charge < -0.3 is 10.0 Å². The lowest BCUT2D eigenvalue weighted by Crippen LogP contribution is -2.52. The fourth-order valence-electron chi connectivity index (χ4n) is 5.73. The minimum atomic E-state index is -0.754. The van der Waals surface area contributed by atoms with Crippen LogP contribution in [0.3, 0.4) is 0 Å². The van der Waals surface area contributed by atoms with Gasteiger partial charge in [-0.05, 0) is 55.7 Å². The largest absolute Gasteiger partial charge is 0.507 e.